The van der Waals surface area contributed by atoms with Gasteiger partial charge in [-0.3, -0.25) is 9.59 Å². The third kappa shape index (κ3) is 3.65. The maximum Gasteiger partial charge on any atom is 0.228 e. The van der Waals surface area contributed by atoms with Crippen LogP contribution in [0, 0.1) is 22.7 Å². The van der Waals surface area contributed by atoms with E-state index in [4.69, 9.17) is 0 Å². The minimum Gasteiger partial charge on any atom is -0.325 e. The van der Waals surface area contributed by atoms with Gasteiger partial charge in [0.2, 0.25) is 11.8 Å². The van der Waals surface area contributed by atoms with Crippen molar-refractivity contribution in [3.05, 3.63) is 23.8 Å². The van der Waals surface area contributed by atoms with E-state index in [1.807, 2.05) is 18.2 Å². The number of rotatable bonds is 4. The first kappa shape index (κ1) is 18.9. The lowest BCUT2D eigenvalue weighted by Gasteiger charge is -2.27. The summed E-state index contributed by atoms with van der Waals surface area (Å²) in [6.07, 6.45) is 1.85. The summed E-state index contributed by atoms with van der Waals surface area (Å²) in [4.78, 5) is 25.2. The average Bonchev–Trinajstić information content (AvgIpc) is 3.32. The predicted molar refractivity (Wildman–Crippen MR) is 106 cm³/mol. The first-order chi connectivity index (χ1) is 11.8. The van der Waals surface area contributed by atoms with Gasteiger partial charge in [-0.2, -0.15) is 0 Å². The Kier molecular flexibility index (Phi) is 4.25. The van der Waals surface area contributed by atoms with E-state index < -0.39 is 0 Å². The first-order valence-corrected chi connectivity index (χ1v) is 9.58. The van der Waals surface area contributed by atoms with Crippen LogP contribution in [0.25, 0.3) is 0 Å². The number of carbonyl (C=O) groups excluding carboxylic acids is 2. The maximum atomic E-state index is 12.6. The SMILES string of the molecule is CC(C)(C)c1c(NC(=O)[C@H]2CC2(C)C)cccc1NC(=O)[C@H]1CC1(C)C. The zero-order chi connectivity index (χ0) is 19.5. The molecule has 2 aliphatic rings. The Balaban J connectivity index is 1.86. The van der Waals surface area contributed by atoms with Crippen molar-refractivity contribution < 1.29 is 9.59 Å². The summed E-state index contributed by atoms with van der Waals surface area (Å²) in [5.74, 6) is 0.293. The molecule has 0 radical (unpaired) electrons. The monoisotopic (exact) mass is 356 g/mol. The van der Waals surface area contributed by atoms with Gasteiger partial charge in [-0.05, 0) is 41.2 Å². The molecule has 4 heteroatoms. The van der Waals surface area contributed by atoms with E-state index in [9.17, 15) is 9.59 Å². The molecule has 2 saturated carbocycles. The molecule has 0 saturated heterocycles. The molecule has 2 aliphatic carbocycles. The molecule has 142 valence electrons. The van der Waals surface area contributed by atoms with E-state index in [1.165, 1.54) is 0 Å². The van der Waals surface area contributed by atoms with Crippen molar-refractivity contribution in [1.82, 2.24) is 0 Å². The van der Waals surface area contributed by atoms with Gasteiger partial charge in [-0.25, -0.2) is 0 Å². The number of benzene rings is 1. The lowest BCUT2D eigenvalue weighted by molar-refractivity contribution is -0.118. The Bertz CT molecular complexity index is 702. The highest BCUT2D eigenvalue weighted by molar-refractivity contribution is 5.99. The number of carbonyl (C=O) groups is 2. The van der Waals surface area contributed by atoms with Crippen LogP contribution >= 0.6 is 0 Å². The Morgan fingerprint density at radius 2 is 1.23 bits per heavy atom. The van der Waals surface area contributed by atoms with Crippen molar-refractivity contribution in [2.75, 3.05) is 10.6 Å². The molecule has 0 unspecified atom stereocenters. The van der Waals surface area contributed by atoms with Crippen LogP contribution in [0.1, 0.15) is 66.9 Å². The minimum absolute atomic E-state index is 0.0702. The summed E-state index contributed by atoms with van der Waals surface area (Å²) in [5.41, 5.74) is 2.57. The fourth-order valence-corrected chi connectivity index (χ4v) is 3.84. The number of amides is 2. The van der Waals surface area contributed by atoms with Crippen molar-refractivity contribution >= 4 is 23.2 Å². The van der Waals surface area contributed by atoms with E-state index in [1.54, 1.807) is 0 Å². The highest BCUT2D eigenvalue weighted by atomic mass is 16.2. The average molecular weight is 357 g/mol. The fraction of sp³-hybridized carbons (Fsp3) is 0.636. The van der Waals surface area contributed by atoms with E-state index in [0.717, 1.165) is 29.8 Å². The Hall–Kier alpha value is -1.84. The summed E-state index contributed by atoms with van der Waals surface area (Å²) in [6.45, 7) is 14.8. The van der Waals surface area contributed by atoms with Gasteiger partial charge in [-0.15, -0.1) is 0 Å². The quantitative estimate of drug-likeness (QED) is 0.801. The smallest absolute Gasteiger partial charge is 0.228 e. The second-order valence-electron chi connectivity index (χ2n) is 10.4. The normalized spacial score (nSPS) is 25.3. The minimum atomic E-state index is -0.204. The van der Waals surface area contributed by atoms with Gasteiger partial charge >= 0.3 is 0 Å². The highest BCUT2D eigenvalue weighted by Gasteiger charge is 2.51. The molecule has 0 aliphatic heterocycles. The molecule has 0 heterocycles. The summed E-state index contributed by atoms with van der Waals surface area (Å²) >= 11 is 0. The molecule has 0 bridgehead atoms. The second kappa shape index (κ2) is 5.83. The lowest BCUT2D eigenvalue weighted by atomic mass is 9.84. The third-order valence-corrected chi connectivity index (χ3v) is 5.99. The van der Waals surface area contributed by atoms with Crippen LogP contribution in [0.2, 0.25) is 0 Å². The molecule has 2 N–H and O–H groups in total. The molecule has 26 heavy (non-hydrogen) atoms. The van der Waals surface area contributed by atoms with Crippen LogP contribution < -0.4 is 10.6 Å². The van der Waals surface area contributed by atoms with Crippen LogP contribution in [0.4, 0.5) is 11.4 Å². The molecule has 0 aromatic heterocycles. The molecule has 2 amide bonds. The topological polar surface area (TPSA) is 58.2 Å². The Labute approximate surface area is 157 Å². The number of hydrogen-bond acceptors (Lipinski definition) is 2. The van der Waals surface area contributed by atoms with E-state index in [-0.39, 0.29) is 39.9 Å². The summed E-state index contributed by atoms with van der Waals surface area (Å²) in [5, 5.41) is 6.24. The zero-order valence-electron chi connectivity index (χ0n) is 17.1. The van der Waals surface area contributed by atoms with Crippen molar-refractivity contribution in [2.45, 2.75) is 66.7 Å². The van der Waals surface area contributed by atoms with E-state index in [0.29, 0.717) is 0 Å². The molecule has 0 spiro atoms. The van der Waals surface area contributed by atoms with Crippen LogP contribution in [-0.4, -0.2) is 11.8 Å². The van der Waals surface area contributed by atoms with Crippen molar-refractivity contribution in [3.8, 4) is 0 Å². The maximum absolute atomic E-state index is 12.6. The van der Waals surface area contributed by atoms with Crippen LogP contribution in [-0.2, 0) is 15.0 Å². The van der Waals surface area contributed by atoms with Crippen molar-refractivity contribution in [1.29, 1.82) is 0 Å². The molecular weight excluding hydrogens is 324 g/mol. The van der Waals surface area contributed by atoms with E-state index >= 15 is 0 Å². The number of hydrogen-bond donors (Lipinski definition) is 2. The molecule has 1 aromatic rings. The Morgan fingerprint density at radius 3 is 1.50 bits per heavy atom. The fourth-order valence-electron chi connectivity index (χ4n) is 3.84. The van der Waals surface area contributed by atoms with Crippen molar-refractivity contribution in [2.24, 2.45) is 22.7 Å². The lowest BCUT2D eigenvalue weighted by Crippen LogP contribution is -2.24. The largest absolute Gasteiger partial charge is 0.325 e. The van der Waals surface area contributed by atoms with Gasteiger partial charge in [0, 0.05) is 28.8 Å². The van der Waals surface area contributed by atoms with Gasteiger partial charge in [0.15, 0.2) is 0 Å². The first-order valence-electron chi connectivity index (χ1n) is 9.58. The predicted octanol–water partition coefficient (Wildman–Crippen LogP) is 4.95. The standard InChI is InChI=1S/C22H32N2O2/c1-20(2,3)17-15(23-18(25)13-11-21(13,4)5)9-8-10-16(17)24-19(26)14-12-22(14,6)7/h8-10,13-14H,11-12H2,1-7H3,(H,23,25)(H,24,26)/t13-,14-/m1/s1. The molecule has 4 nitrogen and oxygen atoms in total. The molecule has 3 rings (SSSR count). The Morgan fingerprint density at radius 1 is 0.885 bits per heavy atom. The summed E-state index contributed by atoms with van der Waals surface area (Å²) < 4.78 is 0. The van der Waals surface area contributed by atoms with Crippen molar-refractivity contribution in [3.63, 3.8) is 0 Å². The van der Waals surface area contributed by atoms with Gasteiger partial charge in [-0.1, -0.05) is 54.5 Å². The summed E-state index contributed by atoms with van der Waals surface area (Å²) in [7, 11) is 0. The highest BCUT2D eigenvalue weighted by Crippen LogP contribution is 2.53. The van der Waals surface area contributed by atoms with Gasteiger partial charge in [0.25, 0.3) is 0 Å². The van der Waals surface area contributed by atoms with Crippen LogP contribution in [0.15, 0.2) is 18.2 Å². The van der Waals surface area contributed by atoms with Gasteiger partial charge in [0.05, 0.1) is 0 Å². The third-order valence-electron chi connectivity index (χ3n) is 5.99. The van der Waals surface area contributed by atoms with Gasteiger partial charge < -0.3 is 10.6 Å². The van der Waals surface area contributed by atoms with Crippen LogP contribution in [0.5, 0.6) is 0 Å². The van der Waals surface area contributed by atoms with Gasteiger partial charge in [0.1, 0.15) is 0 Å². The van der Waals surface area contributed by atoms with E-state index in [2.05, 4.69) is 59.1 Å². The number of anilines is 2. The molecule has 2 fully saturated rings. The van der Waals surface area contributed by atoms with Crippen LogP contribution in [0.3, 0.4) is 0 Å². The second-order valence-corrected chi connectivity index (χ2v) is 10.4. The zero-order valence-corrected chi connectivity index (χ0v) is 17.1. The number of nitrogens with one attached hydrogen (secondary N) is 2. The summed E-state index contributed by atoms with van der Waals surface area (Å²) in [6, 6.07) is 5.77. The molecule has 2 atom stereocenters. The molecular formula is C22H32N2O2. The molecule has 1 aromatic carbocycles.